The second kappa shape index (κ2) is 7.86. The molecule has 134 valence electrons. The second-order valence-electron chi connectivity index (χ2n) is 5.44. The molecule has 0 amide bonds. The second-order valence-corrected chi connectivity index (χ2v) is 8.00. The van der Waals surface area contributed by atoms with Crippen LogP contribution in [-0.4, -0.2) is 46.3 Å². The molecule has 2 rings (SSSR count). The first-order valence-corrected chi connectivity index (χ1v) is 9.20. The van der Waals surface area contributed by atoms with E-state index < -0.39 is 10.0 Å². The highest BCUT2D eigenvalue weighted by atomic mass is 35.5. The maximum atomic E-state index is 12.3. The van der Waals surface area contributed by atoms with Gasteiger partial charge in [0.15, 0.2) is 5.78 Å². The molecule has 0 atom stereocenters. The zero-order valence-electron chi connectivity index (χ0n) is 14.1. The number of ketones is 1. The number of halogens is 1. The maximum Gasteiger partial charge on any atom is 0.242 e. The molecule has 1 N–H and O–H groups in total. The maximum absolute atomic E-state index is 12.3. The number of anilines is 1. The fraction of sp³-hybridized carbons (Fsp3) is 0.235. The fourth-order valence-corrected chi connectivity index (χ4v) is 3.31. The summed E-state index contributed by atoms with van der Waals surface area (Å²) in [5.41, 5.74) is 0.978. The van der Waals surface area contributed by atoms with Crippen molar-refractivity contribution in [1.29, 1.82) is 0 Å². The molecule has 0 aliphatic rings. The summed E-state index contributed by atoms with van der Waals surface area (Å²) in [5.74, 6) is 0.308. The van der Waals surface area contributed by atoms with Crippen molar-refractivity contribution < 1.29 is 17.9 Å². The molecular formula is C17H19ClN2O4S. The first kappa shape index (κ1) is 19.2. The molecule has 2 aromatic carbocycles. The molecule has 0 heterocycles. The van der Waals surface area contributed by atoms with Gasteiger partial charge in [0.05, 0.1) is 23.6 Å². The van der Waals surface area contributed by atoms with Crippen LogP contribution in [0.3, 0.4) is 0 Å². The van der Waals surface area contributed by atoms with Gasteiger partial charge in [-0.1, -0.05) is 23.7 Å². The minimum Gasteiger partial charge on any atom is -0.495 e. The topological polar surface area (TPSA) is 75.7 Å². The van der Waals surface area contributed by atoms with E-state index in [1.807, 2.05) is 0 Å². The molecule has 0 unspecified atom stereocenters. The highest BCUT2D eigenvalue weighted by molar-refractivity contribution is 7.89. The van der Waals surface area contributed by atoms with Crippen molar-refractivity contribution in [2.45, 2.75) is 4.90 Å². The number of ether oxygens (including phenoxy) is 1. The highest BCUT2D eigenvalue weighted by Gasteiger charge is 2.18. The van der Waals surface area contributed by atoms with Gasteiger partial charge in [-0.25, -0.2) is 12.7 Å². The Bertz CT molecular complexity index is 882. The molecule has 8 heteroatoms. The summed E-state index contributed by atoms with van der Waals surface area (Å²) in [6.45, 7) is 0.00806. The molecule has 2 aromatic rings. The molecule has 0 fully saturated rings. The minimum atomic E-state index is -3.58. The average Bonchev–Trinajstić information content (AvgIpc) is 2.59. The van der Waals surface area contributed by atoms with Gasteiger partial charge >= 0.3 is 0 Å². The molecule has 0 saturated carbocycles. The van der Waals surface area contributed by atoms with E-state index in [0.717, 1.165) is 4.31 Å². The van der Waals surface area contributed by atoms with Gasteiger partial charge in [-0.2, -0.15) is 0 Å². The van der Waals surface area contributed by atoms with Crippen molar-refractivity contribution in [3.05, 3.63) is 53.1 Å². The van der Waals surface area contributed by atoms with Gasteiger partial charge in [0.2, 0.25) is 10.0 Å². The van der Waals surface area contributed by atoms with Crippen molar-refractivity contribution in [2.75, 3.05) is 33.1 Å². The van der Waals surface area contributed by atoms with Crippen molar-refractivity contribution in [3.63, 3.8) is 0 Å². The predicted molar refractivity (Wildman–Crippen MR) is 98.1 cm³/mol. The molecule has 0 saturated heterocycles. The Morgan fingerprint density at radius 1 is 1.20 bits per heavy atom. The Labute approximate surface area is 152 Å². The number of methoxy groups -OCH3 is 1. The number of sulfonamides is 1. The zero-order valence-corrected chi connectivity index (χ0v) is 15.7. The third-order valence-electron chi connectivity index (χ3n) is 3.54. The number of nitrogens with zero attached hydrogens (tertiary/aromatic N) is 1. The lowest BCUT2D eigenvalue weighted by Gasteiger charge is -2.12. The molecule has 6 nitrogen and oxygen atoms in total. The molecule has 0 aliphatic heterocycles. The molecule has 0 aromatic heterocycles. The van der Waals surface area contributed by atoms with E-state index in [-0.39, 0.29) is 17.2 Å². The van der Waals surface area contributed by atoms with E-state index in [9.17, 15) is 13.2 Å². The number of carbonyl (C=O) groups is 1. The van der Waals surface area contributed by atoms with Crippen molar-refractivity contribution in [2.24, 2.45) is 0 Å². The van der Waals surface area contributed by atoms with Crippen molar-refractivity contribution in [1.82, 2.24) is 4.31 Å². The Morgan fingerprint density at radius 2 is 1.92 bits per heavy atom. The third-order valence-corrected chi connectivity index (χ3v) is 5.65. The summed E-state index contributed by atoms with van der Waals surface area (Å²) in [6.07, 6.45) is 0. The van der Waals surface area contributed by atoms with Crippen LogP contribution in [0.15, 0.2) is 47.4 Å². The zero-order chi connectivity index (χ0) is 18.6. The first-order chi connectivity index (χ1) is 11.8. The Hall–Kier alpha value is -2.09. The molecule has 0 spiro atoms. The van der Waals surface area contributed by atoms with Gasteiger partial charge in [0, 0.05) is 25.3 Å². The van der Waals surface area contributed by atoms with Crippen LogP contribution in [0.1, 0.15) is 10.4 Å². The fourth-order valence-electron chi connectivity index (χ4n) is 2.10. The number of hydrogen-bond donors (Lipinski definition) is 1. The van der Waals surface area contributed by atoms with E-state index >= 15 is 0 Å². The number of nitrogens with one attached hydrogen (secondary N) is 1. The van der Waals surface area contributed by atoms with Crippen LogP contribution in [0.4, 0.5) is 5.69 Å². The molecule has 0 aliphatic carbocycles. The van der Waals surface area contributed by atoms with E-state index in [1.54, 1.807) is 30.3 Å². The molecule has 0 radical (unpaired) electrons. The summed E-state index contributed by atoms with van der Waals surface area (Å²) < 4.78 is 30.5. The molecule has 25 heavy (non-hydrogen) atoms. The van der Waals surface area contributed by atoms with Crippen LogP contribution in [0.5, 0.6) is 5.75 Å². The van der Waals surface area contributed by atoms with Gasteiger partial charge in [-0.3, -0.25) is 4.79 Å². The normalized spacial score (nSPS) is 11.4. The number of benzene rings is 2. The van der Waals surface area contributed by atoms with E-state index in [2.05, 4.69) is 5.32 Å². The van der Waals surface area contributed by atoms with E-state index in [0.29, 0.717) is 22.0 Å². The van der Waals surface area contributed by atoms with Crippen molar-refractivity contribution in [3.8, 4) is 5.75 Å². The number of hydrogen-bond acceptors (Lipinski definition) is 5. The van der Waals surface area contributed by atoms with E-state index in [4.69, 9.17) is 16.3 Å². The van der Waals surface area contributed by atoms with Crippen LogP contribution in [0.25, 0.3) is 0 Å². The average molecular weight is 383 g/mol. The van der Waals surface area contributed by atoms with Crippen LogP contribution in [0.2, 0.25) is 5.02 Å². The summed E-state index contributed by atoms with van der Waals surface area (Å²) in [5, 5.41) is 3.40. The van der Waals surface area contributed by atoms with Crippen LogP contribution < -0.4 is 10.1 Å². The van der Waals surface area contributed by atoms with Gasteiger partial charge < -0.3 is 10.1 Å². The Balaban J connectivity index is 2.13. The lowest BCUT2D eigenvalue weighted by Crippen LogP contribution is -2.22. The third kappa shape index (κ3) is 4.50. The Kier molecular flexibility index (Phi) is 6.05. The van der Waals surface area contributed by atoms with Crippen LogP contribution in [-0.2, 0) is 10.0 Å². The summed E-state index contributed by atoms with van der Waals surface area (Å²) in [4.78, 5) is 12.4. The highest BCUT2D eigenvalue weighted by Crippen LogP contribution is 2.27. The standard InChI is InChI=1S/C17H19ClN2O4S/c1-20(2)25(22,23)14-6-4-5-12(9-14)16(21)11-19-13-7-8-17(24-3)15(18)10-13/h4-10,19H,11H2,1-3H3. The molecular weight excluding hydrogens is 364 g/mol. The smallest absolute Gasteiger partial charge is 0.242 e. The largest absolute Gasteiger partial charge is 0.495 e. The lowest BCUT2D eigenvalue weighted by molar-refractivity contribution is 0.101. The van der Waals surface area contributed by atoms with Gasteiger partial charge in [0.25, 0.3) is 0 Å². The molecule has 0 bridgehead atoms. The summed E-state index contributed by atoms with van der Waals surface area (Å²) in [6, 6.07) is 11.1. The number of carbonyl (C=O) groups excluding carboxylic acids is 1. The number of rotatable bonds is 7. The summed E-state index contributed by atoms with van der Waals surface area (Å²) in [7, 11) is 0.823. The lowest BCUT2D eigenvalue weighted by atomic mass is 10.1. The number of Topliss-reactive ketones (excluding diaryl/α,β-unsaturated/α-hetero) is 1. The minimum absolute atomic E-state index is 0.00806. The predicted octanol–water partition coefficient (Wildman–Crippen LogP) is 2.89. The monoisotopic (exact) mass is 382 g/mol. The quantitative estimate of drug-likeness (QED) is 0.745. The SMILES string of the molecule is COc1ccc(NCC(=O)c2cccc(S(=O)(=O)N(C)C)c2)cc1Cl. The van der Waals surface area contributed by atoms with Crippen LogP contribution >= 0.6 is 11.6 Å². The van der Waals surface area contributed by atoms with Crippen LogP contribution in [0, 0.1) is 0 Å². The van der Waals surface area contributed by atoms with Gasteiger partial charge in [0.1, 0.15) is 5.75 Å². The van der Waals surface area contributed by atoms with Gasteiger partial charge in [-0.05, 0) is 30.3 Å². The summed E-state index contributed by atoms with van der Waals surface area (Å²) >= 11 is 6.04. The van der Waals surface area contributed by atoms with Gasteiger partial charge in [-0.15, -0.1) is 0 Å². The Morgan fingerprint density at radius 3 is 2.52 bits per heavy atom. The van der Waals surface area contributed by atoms with E-state index in [1.165, 1.54) is 33.3 Å². The van der Waals surface area contributed by atoms with Crippen molar-refractivity contribution >= 4 is 33.1 Å². The first-order valence-electron chi connectivity index (χ1n) is 7.39.